The number of para-hydroxylation sites is 1. The highest BCUT2D eigenvalue weighted by molar-refractivity contribution is 7.13. The van der Waals surface area contributed by atoms with Crippen molar-refractivity contribution in [2.75, 3.05) is 0 Å². The van der Waals surface area contributed by atoms with Crippen LogP contribution in [0.4, 0.5) is 5.69 Å². The van der Waals surface area contributed by atoms with E-state index >= 15 is 0 Å². The van der Waals surface area contributed by atoms with Gasteiger partial charge in [-0.2, -0.15) is 0 Å². The van der Waals surface area contributed by atoms with Crippen LogP contribution in [0.1, 0.15) is 0 Å². The topological polar surface area (TPSA) is 58.6 Å². The van der Waals surface area contributed by atoms with Crippen LogP contribution in [0, 0.1) is 0 Å². The molecule has 6 heteroatoms. The first kappa shape index (κ1) is 18.6. The zero-order chi connectivity index (χ0) is 20.5. The van der Waals surface area contributed by atoms with Crippen molar-refractivity contribution in [3.8, 4) is 27.6 Å². The summed E-state index contributed by atoms with van der Waals surface area (Å²) in [4.78, 5) is 9.50. The summed E-state index contributed by atoms with van der Waals surface area (Å²) in [6.07, 6.45) is 0. The van der Waals surface area contributed by atoms with Crippen LogP contribution in [0.3, 0.4) is 0 Å². The Morgan fingerprint density at radius 3 is 2.53 bits per heavy atom. The van der Waals surface area contributed by atoms with Gasteiger partial charge >= 0.3 is 0 Å². The molecule has 0 saturated carbocycles. The number of rotatable bonds is 3. The van der Waals surface area contributed by atoms with Gasteiger partial charge in [0, 0.05) is 27.4 Å². The monoisotopic (exact) mass is 430 g/mol. The number of phenolic OH excluding ortho intramolecular Hbond substituents is 1. The lowest BCUT2D eigenvalue weighted by molar-refractivity contribution is 0.472. The number of thiazole rings is 1. The third kappa shape index (κ3) is 3.73. The van der Waals surface area contributed by atoms with Crippen molar-refractivity contribution in [2.24, 2.45) is 4.99 Å². The Kier molecular flexibility index (Phi) is 4.83. The molecule has 0 unspecified atom stereocenters. The molecule has 0 saturated heterocycles. The molecule has 30 heavy (non-hydrogen) atoms. The highest BCUT2D eigenvalue weighted by Gasteiger charge is 2.13. The molecule has 5 rings (SSSR count). The van der Waals surface area contributed by atoms with Gasteiger partial charge in [0.1, 0.15) is 16.3 Å². The van der Waals surface area contributed by atoms with Crippen molar-refractivity contribution in [1.29, 1.82) is 0 Å². The summed E-state index contributed by atoms with van der Waals surface area (Å²) in [6, 6.07) is 24.2. The highest BCUT2D eigenvalue weighted by Crippen LogP contribution is 2.30. The lowest BCUT2D eigenvalue weighted by atomic mass is 10.1. The first-order valence-electron chi connectivity index (χ1n) is 9.24. The predicted octanol–water partition coefficient (Wildman–Crippen LogP) is 6.81. The molecule has 4 nitrogen and oxygen atoms in total. The van der Waals surface area contributed by atoms with Gasteiger partial charge in [-0.1, -0.05) is 41.9 Å². The Labute approximate surface area is 181 Å². The lowest BCUT2D eigenvalue weighted by Crippen LogP contribution is -2.05. The largest absolute Gasteiger partial charge is 0.508 e. The van der Waals surface area contributed by atoms with Crippen molar-refractivity contribution in [2.45, 2.75) is 0 Å². The normalized spacial score (nSPS) is 11.8. The number of benzene rings is 3. The summed E-state index contributed by atoms with van der Waals surface area (Å²) in [7, 11) is 0. The fraction of sp³-hybridized carbons (Fsp3) is 0. The summed E-state index contributed by atoms with van der Waals surface area (Å²) in [6.45, 7) is 0. The van der Waals surface area contributed by atoms with Crippen molar-refractivity contribution < 1.29 is 9.52 Å². The Balaban J connectivity index is 1.70. The molecule has 0 spiro atoms. The smallest absolute Gasteiger partial charge is 0.230 e. The van der Waals surface area contributed by atoms with Gasteiger partial charge in [-0.05, 0) is 42.5 Å². The third-order valence-corrected chi connectivity index (χ3v) is 5.72. The Morgan fingerprint density at radius 1 is 0.933 bits per heavy atom. The molecule has 2 aromatic heterocycles. The van der Waals surface area contributed by atoms with Crippen molar-refractivity contribution in [1.82, 2.24) is 4.98 Å². The van der Waals surface area contributed by atoms with Crippen LogP contribution >= 0.6 is 22.9 Å². The highest BCUT2D eigenvalue weighted by atomic mass is 35.5. The van der Waals surface area contributed by atoms with Crippen molar-refractivity contribution in [3.63, 3.8) is 0 Å². The van der Waals surface area contributed by atoms with Crippen molar-refractivity contribution >= 4 is 39.6 Å². The standard InChI is InChI=1S/C24H15ClN2O2S/c25-17-9-6-15(7-10-17)21-14-30-24(27-21)20-12-16-8-11-19(28)13-22(16)29-23(20)26-18-4-2-1-3-5-18/h1-14,28H. The molecule has 0 bridgehead atoms. The molecular formula is C24H15ClN2O2S. The maximum absolute atomic E-state index is 9.84. The van der Waals surface area contributed by atoms with Crippen LogP contribution in [-0.4, -0.2) is 10.1 Å². The molecule has 1 N–H and O–H groups in total. The van der Waals surface area contributed by atoms with E-state index in [1.165, 1.54) is 11.3 Å². The Hall–Kier alpha value is -3.41. The fourth-order valence-electron chi connectivity index (χ4n) is 3.11. The molecule has 146 valence electrons. The van der Waals surface area contributed by atoms with Gasteiger partial charge in [0.2, 0.25) is 5.55 Å². The van der Waals surface area contributed by atoms with Crippen molar-refractivity contribution in [3.05, 3.63) is 94.8 Å². The van der Waals surface area contributed by atoms with Crippen LogP contribution < -0.4 is 5.55 Å². The molecule has 0 fully saturated rings. The van der Waals surface area contributed by atoms with Gasteiger partial charge in [-0.15, -0.1) is 11.3 Å². The number of hydrogen-bond acceptors (Lipinski definition) is 5. The molecule has 0 aliphatic heterocycles. The quantitative estimate of drug-likeness (QED) is 0.342. The van der Waals surface area contributed by atoms with E-state index in [1.54, 1.807) is 12.1 Å². The van der Waals surface area contributed by atoms with Gasteiger partial charge in [0.15, 0.2) is 0 Å². The number of fused-ring (bicyclic) bond motifs is 1. The molecule has 3 aromatic carbocycles. The molecule has 0 atom stereocenters. The van der Waals surface area contributed by atoms with Gasteiger partial charge in [-0.25, -0.2) is 9.98 Å². The van der Waals surface area contributed by atoms with Crippen LogP contribution in [0.2, 0.25) is 5.02 Å². The summed E-state index contributed by atoms with van der Waals surface area (Å²) in [5, 5.41) is 14.2. The Bertz CT molecular complexity index is 1410. The average Bonchev–Trinajstić information content (AvgIpc) is 3.24. The minimum absolute atomic E-state index is 0.143. The van der Waals surface area contributed by atoms with Gasteiger partial charge < -0.3 is 9.52 Å². The molecule has 2 heterocycles. The van der Waals surface area contributed by atoms with E-state index in [1.807, 2.05) is 72.1 Å². The fourth-order valence-corrected chi connectivity index (χ4v) is 4.08. The number of halogens is 1. The molecular weight excluding hydrogens is 416 g/mol. The van der Waals surface area contributed by atoms with E-state index < -0.39 is 0 Å². The minimum Gasteiger partial charge on any atom is -0.508 e. The zero-order valence-electron chi connectivity index (χ0n) is 15.6. The first-order valence-corrected chi connectivity index (χ1v) is 10.5. The van der Waals surface area contributed by atoms with Gasteiger partial charge in [-0.3, -0.25) is 0 Å². The molecule has 5 aromatic rings. The lowest BCUT2D eigenvalue weighted by Gasteiger charge is -2.03. The van der Waals surface area contributed by atoms with Crippen LogP contribution in [0.5, 0.6) is 5.75 Å². The van der Waals surface area contributed by atoms with E-state index in [-0.39, 0.29) is 5.75 Å². The van der Waals surface area contributed by atoms with Crippen LogP contribution in [-0.2, 0) is 0 Å². The number of nitrogens with zero attached hydrogens (tertiary/aromatic N) is 2. The summed E-state index contributed by atoms with van der Waals surface area (Å²) < 4.78 is 6.09. The maximum atomic E-state index is 9.84. The van der Waals surface area contributed by atoms with E-state index in [9.17, 15) is 5.11 Å². The van der Waals surface area contributed by atoms with E-state index in [0.29, 0.717) is 16.2 Å². The second-order valence-electron chi connectivity index (χ2n) is 6.68. The second kappa shape index (κ2) is 7.78. The molecule has 0 aliphatic rings. The SMILES string of the molecule is Oc1ccc2cc(-c3nc(-c4ccc(Cl)cc4)cs3)c(=Nc3ccccc3)oc2c1. The average molecular weight is 431 g/mol. The van der Waals surface area contributed by atoms with E-state index in [0.717, 1.165) is 32.9 Å². The molecule has 0 radical (unpaired) electrons. The Morgan fingerprint density at radius 2 is 1.73 bits per heavy atom. The predicted molar refractivity (Wildman–Crippen MR) is 121 cm³/mol. The van der Waals surface area contributed by atoms with E-state index in [4.69, 9.17) is 26.0 Å². The second-order valence-corrected chi connectivity index (χ2v) is 7.97. The van der Waals surface area contributed by atoms with E-state index in [2.05, 4.69) is 0 Å². The summed E-state index contributed by atoms with van der Waals surface area (Å²) >= 11 is 7.53. The number of hydrogen-bond donors (Lipinski definition) is 1. The maximum Gasteiger partial charge on any atom is 0.230 e. The number of phenols is 1. The summed E-state index contributed by atoms with van der Waals surface area (Å²) in [5.74, 6) is 0.143. The number of aromatic hydroxyl groups is 1. The molecule has 0 amide bonds. The van der Waals surface area contributed by atoms with Gasteiger partial charge in [0.25, 0.3) is 0 Å². The zero-order valence-corrected chi connectivity index (χ0v) is 17.2. The first-order chi connectivity index (χ1) is 14.7. The van der Waals surface area contributed by atoms with Crippen LogP contribution in [0.25, 0.3) is 32.8 Å². The third-order valence-electron chi connectivity index (χ3n) is 4.60. The van der Waals surface area contributed by atoms with Gasteiger partial charge in [0.05, 0.1) is 16.9 Å². The van der Waals surface area contributed by atoms with Crippen LogP contribution in [0.15, 0.2) is 93.7 Å². The summed E-state index contributed by atoms with van der Waals surface area (Å²) in [5.41, 5.74) is 4.42. The molecule has 0 aliphatic carbocycles. The minimum atomic E-state index is 0.143. The number of aromatic nitrogens is 1.